The summed E-state index contributed by atoms with van der Waals surface area (Å²) in [5.74, 6) is 1.54. The van der Waals surface area contributed by atoms with E-state index in [9.17, 15) is 10.5 Å². The van der Waals surface area contributed by atoms with Gasteiger partial charge in [-0.2, -0.15) is 10.5 Å². The Morgan fingerprint density at radius 1 is 0.568 bits per heavy atom. The van der Waals surface area contributed by atoms with Crippen molar-refractivity contribution >= 4 is 11.6 Å². The molecule has 0 bridgehead atoms. The van der Waals surface area contributed by atoms with Crippen molar-refractivity contribution in [2.45, 2.75) is 5.41 Å². The van der Waals surface area contributed by atoms with Crippen LogP contribution in [0.4, 0.5) is 0 Å². The molecule has 3 nitrogen and oxygen atoms in total. The van der Waals surface area contributed by atoms with E-state index >= 15 is 0 Å². The Bertz CT molecular complexity index is 1780. The highest BCUT2D eigenvalue weighted by Crippen LogP contribution is 2.62. The largest absolute Gasteiger partial charge is 0.457 e. The number of nitriles is 2. The third-order valence-electron chi connectivity index (χ3n) is 7.43. The van der Waals surface area contributed by atoms with Crippen molar-refractivity contribution in [1.82, 2.24) is 0 Å². The van der Waals surface area contributed by atoms with Crippen LogP contribution in [0.3, 0.4) is 0 Å². The lowest BCUT2D eigenvalue weighted by atomic mass is 9.65. The fourth-order valence-corrected chi connectivity index (χ4v) is 6.15. The van der Waals surface area contributed by atoms with Gasteiger partial charge in [0.2, 0.25) is 0 Å². The molecular formula is C33H17ClN2O. The first-order chi connectivity index (χ1) is 18.1. The standard InChI is InChI=1S/C33H17ClN2O/c34-24-10-12-32-30(17-24)33(27-7-3-1-5-25(27)26-6-2-4-8-28(26)33)29-16-22(9-11-31(29)37-32)23-14-20(18-35)13-21(15-23)19-36/h1-17H. The third-order valence-corrected chi connectivity index (χ3v) is 7.66. The minimum absolute atomic E-state index is 0.450. The molecule has 2 aliphatic rings. The van der Waals surface area contributed by atoms with Gasteiger partial charge in [-0.3, -0.25) is 0 Å². The molecule has 1 aliphatic heterocycles. The van der Waals surface area contributed by atoms with Crippen molar-refractivity contribution in [1.29, 1.82) is 10.5 Å². The second kappa shape index (κ2) is 7.84. The summed E-state index contributed by atoms with van der Waals surface area (Å²) in [6, 6.07) is 38.5. The first-order valence-electron chi connectivity index (χ1n) is 11.9. The van der Waals surface area contributed by atoms with E-state index in [2.05, 4.69) is 66.7 Å². The molecule has 0 atom stereocenters. The van der Waals surface area contributed by atoms with Crippen LogP contribution in [0.2, 0.25) is 5.02 Å². The Balaban J connectivity index is 1.60. The lowest BCUT2D eigenvalue weighted by molar-refractivity contribution is 0.436. The van der Waals surface area contributed by atoms with Gasteiger partial charge in [0.25, 0.3) is 0 Å². The lowest BCUT2D eigenvalue weighted by Gasteiger charge is -2.39. The molecule has 7 rings (SSSR count). The van der Waals surface area contributed by atoms with Crippen LogP contribution in [-0.4, -0.2) is 0 Å². The van der Waals surface area contributed by atoms with Gasteiger partial charge in [-0.05, 0) is 81.9 Å². The van der Waals surface area contributed by atoms with Gasteiger partial charge in [0.1, 0.15) is 11.5 Å². The Hall–Kier alpha value is -4.83. The van der Waals surface area contributed by atoms with Gasteiger partial charge in [0, 0.05) is 16.1 Å². The Morgan fingerprint density at radius 2 is 1.14 bits per heavy atom. The molecule has 5 aromatic carbocycles. The van der Waals surface area contributed by atoms with Crippen LogP contribution in [0.5, 0.6) is 11.5 Å². The van der Waals surface area contributed by atoms with Crippen molar-refractivity contribution in [2.75, 3.05) is 0 Å². The molecule has 1 spiro atoms. The summed E-state index contributed by atoms with van der Waals surface area (Å²) in [5, 5.41) is 19.7. The molecule has 0 amide bonds. The maximum atomic E-state index is 9.55. The van der Waals surface area contributed by atoms with E-state index in [0.717, 1.165) is 33.8 Å². The second-order valence-electron chi connectivity index (χ2n) is 9.32. The normalized spacial score (nSPS) is 13.4. The topological polar surface area (TPSA) is 56.8 Å². The van der Waals surface area contributed by atoms with Crippen LogP contribution in [0.1, 0.15) is 33.4 Å². The molecule has 1 heterocycles. The minimum Gasteiger partial charge on any atom is -0.457 e. The lowest BCUT2D eigenvalue weighted by Crippen LogP contribution is -2.32. The van der Waals surface area contributed by atoms with Crippen molar-refractivity contribution in [2.24, 2.45) is 0 Å². The molecule has 0 saturated carbocycles. The molecule has 1 aliphatic carbocycles. The highest BCUT2D eigenvalue weighted by Gasteiger charge is 2.51. The Kier molecular flexibility index (Phi) is 4.54. The van der Waals surface area contributed by atoms with Gasteiger partial charge < -0.3 is 4.74 Å². The van der Waals surface area contributed by atoms with Gasteiger partial charge in [-0.25, -0.2) is 0 Å². The van der Waals surface area contributed by atoms with E-state index in [1.54, 1.807) is 6.07 Å². The predicted octanol–water partition coefficient (Wildman–Crippen LogP) is 8.22. The van der Waals surface area contributed by atoms with Crippen LogP contribution in [-0.2, 0) is 5.41 Å². The molecule has 0 saturated heterocycles. The van der Waals surface area contributed by atoms with Crippen molar-refractivity contribution in [3.05, 3.63) is 142 Å². The van der Waals surface area contributed by atoms with Crippen LogP contribution >= 0.6 is 11.6 Å². The highest BCUT2D eigenvalue weighted by atomic mass is 35.5. The van der Waals surface area contributed by atoms with Crippen LogP contribution in [0.15, 0.2) is 103 Å². The van der Waals surface area contributed by atoms with Gasteiger partial charge in [0.15, 0.2) is 0 Å². The SMILES string of the molecule is N#Cc1cc(C#N)cc(-c2ccc3c(c2)C2(c4cc(Cl)ccc4O3)c3ccccc3-c3ccccc32)c1. The monoisotopic (exact) mass is 492 g/mol. The smallest absolute Gasteiger partial charge is 0.132 e. The molecule has 0 aromatic heterocycles. The summed E-state index contributed by atoms with van der Waals surface area (Å²) >= 11 is 6.60. The minimum atomic E-state index is -0.637. The molecular weight excluding hydrogens is 476 g/mol. The van der Waals surface area contributed by atoms with Gasteiger partial charge in [0.05, 0.1) is 28.7 Å². The summed E-state index contributed by atoms with van der Waals surface area (Å²) in [4.78, 5) is 0. The molecule has 0 radical (unpaired) electrons. The number of nitrogens with zero attached hydrogens (tertiary/aromatic N) is 2. The van der Waals surface area contributed by atoms with E-state index < -0.39 is 5.41 Å². The average Bonchev–Trinajstić information content (AvgIpc) is 3.24. The molecule has 37 heavy (non-hydrogen) atoms. The molecule has 0 fully saturated rings. The zero-order chi connectivity index (χ0) is 25.1. The zero-order valence-electron chi connectivity index (χ0n) is 19.5. The van der Waals surface area contributed by atoms with E-state index in [-0.39, 0.29) is 0 Å². The first-order valence-corrected chi connectivity index (χ1v) is 12.3. The van der Waals surface area contributed by atoms with E-state index in [0.29, 0.717) is 16.1 Å². The summed E-state index contributed by atoms with van der Waals surface area (Å²) < 4.78 is 6.47. The van der Waals surface area contributed by atoms with E-state index in [4.69, 9.17) is 16.3 Å². The van der Waals surface area contributed by atoms with Gasteiger partial charge in [-0.15, -0.1) is 0 Å². The first kappa shape index (κ1) is 21.5. The summed E-state index contributed by atoms with van der Waals surface area (Å²) in [6.07, 6.45) is 0. The molecule has 0 unspecified atom stereocenters. The van der Waals surface area contributed by atoms with E-state index in [1.807, 2.05) is 42.5 Å². The summed E-state index contributed by atoms with van der Waals surface area (Å²) in [7, 11) is 0. The summed E-state index contributed by atoms with van der Waals surface area (Å²) in [5.41, 5.74) is 8.67. The number of hydrogen-bond acceptors (Lipinski definition) is 3. The molecule has 0 N–H and O–H groups in total. The van der Waals surface area contributed by atoms with E-state index in [1.165, 1.54) is 22.3 Å². The van der Waals surface area contributed by atoms with Crippen LogP contribution in [0, 0.1) is 22.7 Å². The molecule has 4 heteroatoms. The maximum absolute atomic E-state index is 9.55. The highest BCUT2D eigenvalue weighted by molar-refractivity contribution is 6.30. The van der Waals surface area contributed by atoms with Crippen LogP contribution < -0.4 is 4.74 Å². The second-order valence-corrected chi connectivity index (χ2v) is 9.75. The van der Waals surface area contributed by atoms with Crippen molar-refractivity contribution in [3.63, 3.8) is 0 Å². The Morgan fingerprint density at radius 3 is 1.76 bits per heavy atom. The van der Waals surface area contributed by atoms with Gasteiger partial charge in [-0.1, -0.05) is 66.2 Å². The van der Waals surface area contributed by atoms with Crippen molar-refractivity contribution in [3.8, 4) is 45.9 Å². The molecule has 172 valence electrons. The number of ether oxygens (including phenoxy) is 1. The summed E-state index contributed by atoms with van der Waals surface area (Å²) in [6.45, 7) is 0. The molecule has 5 aromatic rings. The Labute approximate surface area is 219 Å². The quantitative estimate of drug-likeness (QED) is 0.232. The van der Waals surface area contributed by atoms with Crippen molar-refractivity contribution < 1.29 is 4.74 Å². The fraction of sp³-hybridized carbons (Fsp3) is 0.0303. The van der Waals surface area contributed by atoms with Gasteiger partial charge >= 0.3 is 0 Å². The number of rotatable bonds is 1. The zero-order valence-corrected chi connectivity index (χ0v) is 20.3. The number of benzene rings is 5. The number of halogens is 1. The van der Waals surface area contributed by atoms with Crippen LogP contribution in [0.25, 0.3) is 22.3 Å². The number of hydrogen-bond donors (Lipinski definition) is 0. The third kappa shape index (κ3) is 2.93. The maximum Gasteiger partial charge on any atom is 0.132 e. The average molecular weight is 493 g/mol. The predicted molar refractivity (Wildman–Crippen MR) is 144 cm³/mol. The fourth-order valence-electron chi connectivity index (χ4n) is 5.98. The number of fused-ring (bicyclic) bond motifs is 9.